The van der Waals surface area contributed by atoms with Crippen LogP contribution in [0.5, 0.6) is 5.75 Å². The highest BCUT2D eigenvalue weighted by Crippen LogP contribution is 2.25. The summed E-state index contributed by atoms with van der Waals surface area (Å²) < 4.78 is 5.41. The number of esters is 1. The normalized spacial score (nSPS) is 11.1. The zero-order valence-electron chi connectivity index (χ0n) is 22.1. The molecule has 1 N–H and O–H groups in total. The Balaban J connectivity index is 1.89. The highest BCUT2D eigenvalue weighted by atomic mass is 16.5. The van der Waals surface area contributed by atoms with Gasteiger partial charge >= 0.3 is 5.97 Å². The van der Waals surface area contributed by atoms with Gasteiger partial charge in [0.2, 0.25) is 0 Å². The Morgan fingerprint density at radius 2 is 1.24 bits per heavy atom. The molecule has 0 aliphatic heterocycles. The first kappa shape index (κ1) is 29.5. The van der Waals surface area contributed by atoms with Gasteiger partial charge in [-0.05, 0) is 42.9 Å². The summed E-state index contributed by atoms with van der Waals surface area (Å²) in [5.74, 6) is 0.270. The lowest BCUT2D eigenvalue weighted by molar-refractivity contribution is -0.143. The van der Waals surface area contributed by atoms with E-state index in [0.717, 1.165) is 36.0 Å². The Hall–Kier alpha value is -1.51. The van der Waals surface area contributed by atoms with E-state index < -0.39 is 0 Å². The molecule has 190 valence electrons. The molecule has 0 bridgehead atoms. The smallest absolute Gasteiger partial charge is 0.306 e. The van der Waals surface area contributed by atoms with Crippen LogP contribution in [0.25, 0.3) is 0 Å². The Labute approximate surface area is 204 Å². The van der Waals surface area contributed by atoms with Gasteiger partial charge in [0.25, 0.3) is 0 Å². The average molecular weight is 461 g/mol. The van der Waals surface area contributed by atoms with Crippen LogP contribution in [-0.4, -0.2) is 17.7 Å². The Morgan fingerprint density at radius 1 is 0.758 bits per heavy atom. The molecule has 0 saturated carbocycles. The van der Waals surface area contributed by atoms with E-state index in [1.54, 1.807) is 0 Å². The Morgan fingerprint density at radius 3 is 1.73 bits per heavy atom. The van der Waals surface area contributed by atoms with Crippen LogP contribution >= 0.6 is 0 Å². The number of rotatable bonds is 21. The number of phenols is 1. The van der Waals surface area contributed by atoms with E-state index in [4.69, 9.17) is 4.74 Å². The second kappa shape index (κ2) is 19.9. The number of aryl methyl sites for hydroxylation is 3. The van der Waals surface area contributed by atoms with Crippen molar-refractivity contribution in [3.63, 3.8) is 0 Å². The van der Waals surface area contributed by atoms with E-state index in [2.05, 4.69) is 6.92 Å². The fourth-order valence-corrected chi connectivity index (χ4v) is 4.50. The number of hydrogen-bond acceptors (Lipinski definition) is 3. The summed E-state index contributed by atoms with van der Waals surface area (Å²) in [7, 11) is 0. The molecule has 0 aromatic heterocycles. The fraction of sp³-hybridized carbons (Fsp3) is 0.767. The summed E-state index contributed by atoms with van der Waals surface area (Å²) in [6.07, 6.45) is 23.4. The number of carbonyl (C=O) groups excluding carboxylic acids is 1. The zero-order valence-corrected chi connectivity index (χ0v) is 22.1. The highest BCUT2D eigenvalue weighted by molar-refractivity contribution is 5.69. The average Bonchev–Trinajstić information content (AvgIpc) is 2.81. The molecule has 0 saturated heterocycles. The highest BCUT2D eigenvalue weighted by Gasteiger charge is 2.08. The number of unbranched alkanes of at least 4 members (excludes halogenated alkanes) is 15. The second-order valence-corrected chi connectivity index (χ2v) is 9.80. The molecule has 0 fully saturated rings. The van der Waals surface area contributed by atoms with Crippen molar-refractivity contribution in [1.29, 1.82) is 0 Å². The van der Waals surface area contributed by atoms with Crippen molar-refractivity contribution in [2.75, 3.05) is 6.61 Å². The number of phenolic OH excluding ortho intramolecular Hbond substituents is 1. The number of aromatic hydroxyl groups is 1. The first-order valence-corrected chi connectivity index (χ1v) is 14.1. The van der Waals surface area contributed by atoms with Gasteiger partial charge in [0.1, 0.15) is 5.75 Å². The fourth-order valence-electron chi connectivity index (χ4n) is 4.50. The van der Waals surface area contributed by atoms with Gasteiger partial charge < -0.3 is 9.84 Å². The van der Waals surface area contributed by atoms with E-state index in [-0.39, 0.29) is 5.97 Å². The summed E-state index contributed by atoms with van der Waals surface area (Å²) in [4.78, 5) is 12.0. The van der Waals surface area contributed by atoms with E-state index in [0.29, 0.717) is 25.2 Å². The predicted molar refractivity (Wildman–Crippen MR) is 141 cm³/mol. The molecular formula is C30H52O3. The first-order chi connectivity index (χ1) is 16.1. The monoisotopic (exact) mass is 460 g/mol. The minimum absolute atomic E-state index is 0.111. The zero-order chi connectivity index (χ0) is 24.2. The lowest BCUT2D eigenvalue weighted by atomic mass is 10.0. The summed E-state index contributed by atoms with van der Waals surface area (Å²) in [6.45, 7) is 6.77. The van der Waals surface area contributed by atoms with Crippen molar-refractivity contribution < 1.29 is 14.6 Å². The van der Waals surface area contributed by atoms with Gasteiger partial charge in [0.05, 0.1) is 6.61 Å². The number of benzene rings is 1. The molecule has 1 rings (SSSR count). The molecule has 0 heterocycles. The molecule has 0 aliphatic rings. The van der Waals surface area contributed by atoms with Gasteiger partial charge in [-0.25, -0.2) is 0 Å². The maximum Gasteiger partial charge on any atom is 0.306 e. The third-order valence-corrected chi connectivity index (χ3v) is 6.70. The van der Waals surface area contributed by atoms with Crippen LogP contribution in [0.15, 0.2) is 12.1 Å². The van der Waals surface area contributed by atoms with Crippen LogP contribution in [0.4, 0.5) is 0 Å². The van der Waals surface area contributed by atoms with Crippen molar-refractivity contribution in [1.82, 2.24) is 0 Å². The van der Waals surface area contributed by atoms with Crippen molar-refractivity contribution in [3.05, 3.63) is 28.8 Å². The molecule has 1 aromatic rings. The third-order valence-electron chi connectivity index (χ3n) is 6.70. The maximum atomic E-state index is 12.0. The summed E-state index contributed by atoms with van der Waals surface area (Å²) >= 11 is 0. The van der Waals surface area contributed by atoms with E-state index in [1.807, 2.05) is 26.0 Å². The molecule has 0 aliphatic carbocycles. The van der Waals surface area contributed by atoms with Gasteiger partial charge in [-0.3, -0.25) is 4.79 Å². The quantitative estimate of drug-likeness (QED) is 0.147. The van der Waals surface area contributed by atoms with Gasteiger partial charge in [0, 0.05) is 6.42 Å². The number of ether oxygens (including phenoxy) is 1. The molecule has 3 heteroatoms. The van der Waals surface area contributed by atoms with Gasteiger partial charge in [0.15, 0.2) is 0 Å². The van der Waals surface area contributed by atoms with Gasteiger partial charge in [-0.15, -0.1) is 0 Å². The van der Waals surface area contributed by atoms with Crippen LogP contribution in [0, 0.1) is 6.92 Å². The number of hydrogen-bond donors (Lipinski definition) is 1. The van der Waals surface area contributed by atoms with Crippen LogP contribution in [0.1, 0.15) is 140 Å². The van der Waals surface area contributed by atoms with Crippen molar-refractivity contribution in [3.8, 4) is 5.75 Å². The van der Waals surface area contributed by atoms with Gasteiger partial charge in [-0.2, -0.15) is 0 Å². The summed E-state index contributed by atoms with van der Waals surface area (Å²) in [5.41, 5.74) is 2.93. The minimum atomic E-state index is -0.111. The SMILES string of the molecule is CCCCCCCCCCCCCCCCCCOC(=O)CCc1cc(C)c(O)c(CC)c1. The molecule has 0 radical (unpaired) electrons. The van der Waals surface area contributed by atoms with Crippen LogP contribution < -0.4 is 0 Å². The Bertz CT molecular complexity index is 623. The molecule has 0 unspecified atom stereocenters. The van der Waals surface area contributed by atoms with Crippen LogP contribution in [0.3, 0.4) is 0 Å². The van der Waals surface area contributed by atoms with Crippen molar-refractivity contribution in [2.45, 2.75) is 143 Å². The lowest BCUT2D eigenvalue weighted by Gasteiger charge is -2.10. The summed E-state index contributed by atoms with van der Waals surface area (Å²) in [6, 6.07) is 3.97. The second-order valence-electron chi connectivity index (χ2n) is 9.80. The molecule has 0 amide bonds. The van der Waals surface area contributed by atoms with Crippen LogP contribution in [-0.2, 0) is 22.4 Å². The lowest BCUT2D eigenvalue weighted by Crippen LogP contribution is -2.07. The molecule has 33 heavy (non-hydrogen) atoms. The summed E-state index contributed by atoms with van der Waals surface area (Å²) in [5, 5.41) is 10.0. The van der Waals surface area contributed by atoms with Gasteiger partial charge in [-0.1, -0.05) is 122 Å². The van der Waals surface area contributed by atoms with Crippen molar-refractivity contribution >= 4 is 5.97 Å². The molecule has 3 nitrogen and oxygen atoms in total. The first-order valence-electron chi connectivity index (χ1n) is 14.1. The maximum absolute atomic E-state index is 12.0. The third kappa shape index (κ3) is 15.1. The molecule has 1 aromatic carbocycles. The minimum Gasteiger partial charge on any atom is -0.507 e. The molecular weight excluding hydrogens is 408 g/mol. The topological polar surface area (TPSA) is 46.5 Å². The van der Waals surface area contributed by atoms with E-state index in [1.165, 1.54) is 89.9 Å². The standard InChI is InChI=1S/C30H52O3/c1-4-6-7-8-9-10-11-12-13-14-15-16-17-18-19-20-23-33-29(31)22-21-27-24-26(3)30(32)28(5-2)25-27/h24-25,32H,4-23H2,1-3H3. The largest absolute Gasteiger partial charge is 0.507 e. The molecule has 0 atom stereocenters. The number of carbonyl (C=O) groups is 1. The van der Waals surface area contributed by atoms with E-state index in [9.17, 15) is 9.90 Å². The Kier molecular flexibility index (Phi) is 17.8. The predicted octanol–water partition coefficient (Wildman–Crippen LogP) is 9.00. The van der Waals surface area contributed by atoms with Crippen LogP contribution in [0.2, 0.25) is 0 Å². The van der Waals surface area contributed by atoms with E-state index >= 15 is 0 Å². The van der Waals surface area contributed by atoms with Crippen molar-refractivity contribution in [2.24, 2.45) is 0 Å². The molecule has 0 spiro atoms.